The van der Waals surface area contributed by atoms with Crippen LogP contribution >= 0.6 is 0 Å². The Balaban J connectivity index is 0.000000307. The van der Waals surface area contributed by atoms with Crippen molar-refractivity contribution in [2.24, 2.45) is 16.6 Å². The number of alkyl halides is 1. The van der Waals surface area contributed by atoms with Crippen molar-refractivity contribution in [1.29, 1.82) is 0 Å². The van der Waals surface area contributed by atoms with Gasteiger partial charge < -0.3 is 21.7 Å². The molecular formula is C22H40FN5. The summed E-state index contributed by atoms with van der Waals surface area (Å²) in [6.07, 6.45) is 11.7. The van der Waals surface area contributed by atoms with E-state index in [1.807, 2.05) is 32.3 Å². The highest BCUT2D eigenvalue weighted by atomic mass is 19.1. The SMILES string of the molecule is C=C(/C=C\C=NCC)/C(=C\N)C1CCNCC1.CNCCC1(F)CCNCC1. The van der Waals surface area contributed by atoms with Crippen molar-refractivity contribution in [3.63, 3.8) is 0 Å². The molecular weight excluding hydrogens is 353 g/mol. The normalized spacial score (nSPS) is 20.9. The summed E-state index contributed by atoms with van der Waals surface area (Å²) in [7, 11) is 1.87. The lowest BCUT2D eigenvalue weighted by molar-refractivity contribution is 0.105. The van der Waals surface area contributed by atoms with Crippen LogP contribution in [0, 0.1) is 5.92 Å². The van der Waals surface area contributed by atoms with Crippen LogP contribution in [-0.2, 0) is 0 Å². The van der Waals surface area contributed by atoms with E-state index in [0.717, 1.165) is 57.7 Å². The van der Waals surface area contributed by atoms with Crippen LogP contribution in [0.15, 0.2) is 41.1 Å². The molecule has 0 amide bonds. The summed E-state index contributed by atoms with van der Waals surface area (Å²) >= 11 is 0. The zero-order valence-electron chi connectivity index (χ0n) is 17.8. The van der Waals surface area contributed by atoms with Crippen molar-refractivity contribution >= 4 is 6.21 Å². The summed E-state index contributed by atoms with van der Waals surface area (Å²) < 4.78 is 13.7. The second-order valence-corrected chi connectivity index (χ2v) is 7.43. The summed E-state index contributed by atoms with van der Waals surface area (Å²) in [5.41, 5.74) is 7.01. The van der Waals surface area contributed by atoms with E-state index in [9.17, 15) is 4.39 Å². The molecule has 2 aliphatic rings. The fourth-order valence-electron chi connectivity index (χ4n) is 3.53. The van der Waals surface area contributed by atoms with Crippen molar-refractivity contribution in [1.82, 2.24) is 16.0 Å². The van der Waals surface area contributed by atoms with Gasteiger partial charge >= 0.3 is 0 Å². The van der Waals surface area contributed by atoms with Gasteiger partial charge in [0.05, 0.1) is 0 Å². The van der Waals surface area contributed by atoms with Crippen molar-refractivity contribution in [3.8, 4) is 0 Å². The summed E-state index contributed by atoms with van der Waals surface area (Å²) in [5, 5.41) is 9.49. The number of rotatable bonds is 8. The third-order valence-electron chi connectivity index (χ3n) is 5.32. The Labute approximate surface area is 170 Å². The molecule has 0 aromatic carbocycles. The zero-order valence-corrected chi connectivity index (χ0v) is 17.8. The fourth-order valence-corrected chi connectivity index (χ4v) is 3.53. The molecule has 2 rings (SSSR count). The molecule has 160 valence electrons. The minimum atomic E-state index is -0.895. The molecule has 5 N–H and O–H groups in total. The van der Waals surface area contributed by atoms with Crippen molar-refractivity contribution in [3.05, 3.63) is 36.1 Å². The number of aliphatic imine (C=N–C) groups is 1. The lowest BCUT2D eigenvalue weighted by Crippen LogP contribution is -2.40. The number of nitrogens with two attached hydrogens (primary N) is 1. The van der Waals surface area contributed by atoms with Crippen LogP contribution in [-0.4, -0.2) is 58.2 Å². The summed E-state index contributed by atoms with van der Waals surface area (Å²) in [6.45, 7) is 11.5. The van der Waals surface area contributed by atoms with Crippen molar-refractivity contribution in [2.75, 3.05) is 46.3 Å². The third-order valence-corrected chi connectivity index (χ3v) is 5.32. The van der Waals surface area contributed by atoms with Crippen molar-refractivity contribution in [2.45, 2.75) is 44.7 Å². The summed E-state index contributed by atoms with van der Waals surface area (Å²) in [4.78, 5) is 4.13. The number of halogens is 1. The van der Waals surface area contributed by atoms with E-state index in [2.05, 4.69) is 27.5 Å². The van der Waals surface area contributed by atoms with E-state index >= 15 is 0 Å². The molecule has 2 fully saturated rings. The van der Waals surface area contributed by atoms with E-state index in [4.69, 9.17) is 5.73 Å². The van der Waals surface area contributed by atoms with Crippen molar-refractivity contribution < 1.29 is 4.39 Å². The van der Waals surface area contributed by atoms with Crippen LogP contribution < -0.4 is 21.7 Å². The van der Waals surface area contributed by atoms with Gasteiger partial charge in [0.1, 0.15) is 5.67 Å². The maximum atomic E-state index is 13.7. The first kappa shape index (κ1) is 24.5. The van der Waals surface area contributed by atoms with Gasteiger partial charge in [-0.25, -0.2) is 4.39 Å². The first-order valence-electron chi connectivity index (χ1n) is 10.6. The van der Waals surface area contributed by atoms with E-state index < -0.39 is 5.67 Å². The van der Waals surface area contributed by atoms with Crippen LogP contribution in [0.3, 0.4) is 0 Å². The van der Waals surface area contributed by atoms with Gasteiger partial charge in [-0.15, -0.1) is 0 Å². The molecule has 2 aliphatic heterocycles. The molecule has 2 saturated heterocycles. The predicted octanol–water partition coefficient (Wildman–Crippen LogP) is 2.72. The van der Waals surface area contributed by atoms with Crippen LogP contribution in [0.5, 0.6) is 0 Å². The van der Waals surface area contributed by atoms with E-state index in [1.54, 1.807) is 6.20 Å². The molecule has 28 heavy (non-hydrogen) atoms. The van der Waals surface area contributed by atoms with Gasteiger partial charge in [-0.1, -0.05) is 12.7 Å². The number of hydrogen-bond donors (Lipinski definition) is 4. The second kappa shape index (κ2) is 14.5. The lowest BCUT2D eigenvalue weighted by Gasteiger charge is -2.29. The second-order valence-electron chi connectivity index (χ2n) is 7.43. The molecule has 5 nitrogen and oxygen atoms in total. The monoisotopic (exact) mass is 393 g/mol. The van der Waals surface area contributed by atoms with Gasteiger partial charge in [-0.2, -0.15) is 0 Å². The average Bonchev–Trinajstić information content (AvgIpc) is 2.72. The maximum Gasteiger partial charge on any atom is 0.114 e. The number of hydrogen-bond acceptors (Lipinski definition) is 5. The quantitative estimate of drug-likeness (QED) is 0.378. The number of allylic oxidation sites excluding steroid dienone is 4. The molecule has 0 saturated carbocycles. The molecule has 0 aromatic heterocycles. The molecule has 0 bridgehead atoms. The molecule has 0 atom stereocenters. The standard InChI is InChI=1S/C14H23N3.C8H17FN2/c1-3-16-8-4-5-12(2)14(11-15)13-6-9-17-10-7-13;1-10-5-2-8(9)3-6-11-7-4-8/h4-5,8,11,13,17H,2-3,6-7,9-10,15H2,1H3;10-11H,2-7H2,1H3/b5-4-,14-11+,16-8?;. The van der Waals surface area contributed by atoms with Crippen LogP contribution in [0.1, 0.15) is 39.0 Å². The van der Waals surface area contributed by atoms with Gasteiger partial charge in [-0.3, -0.25) is 4.99 Å². The van der Waals surface area contributed by atoms with Crippen LogP contribution in [0.4, 0.5) is 4.39 Å². The Morgan fingerprint density at radius 3 is 2.46 bits per heavy atom. The molecule has 6 heteroatoms. The minimum absolute atomic E-state index is 0.543. The molecule has 0 aromatic rings. The van der Waals surface area contributed by atoms with Gasteiger partial charge in [0.2, 0.25) is 0 Å². The van der Waals surface area contributed by atoms with E-state index in [0.29, 0.717) is 25.2 Å². The molecule has 0 radical (unpaired) electrons. The summed E-state index contributed by atoms with van der Waals surface area (Å²) in [5.74, 6) is 0.543. The smallest absolute Gasteiger partial charge is 0.114 e. The molecule has 2 heterocycles. The van der Waals surface area contributed by atoms with Gasteiger partial charge in [0.25, 0.3) is 0 Å². The first-order valence-corrected chi connectivity index (χ1v) is 10.6. The Kier molecular flexibility index (Phi) is 12.7. The van der Waals surface area contributed by atoms with Crippen LogP contribution in [0.25, 0.3) is 0 Å². The maximum absolute atomic E-state index is 13.7. The van der Waals surface area contributed by atoms with Crippen LogP contribution in [0.2, 0.25) is 0 Å². The summed E-state index contributed by atoms with van der Waals surface area (Å²) in [6, 6.07) is 0. The van der Waals surface area contributed by atoms with Gasteiger partial charge in [-0.05, 0) is 108 Å². The zero-order chi connectivity index (χ0) is 20.7. The molecule has 0 aliphatic carbocycles. The Morgan fingerprint density at radius 2 is 1.89 bits per heavy atom. The highest BCUT2D eigenvalue weighted by Crippen LogP contribution is 2.27. The Hall–Kier alpha value is -1.50. The first-order chi connectivity index (χ1) is 13.6. The highest BCUT2D eigenvalue weighted by molar-refractivity contribution is 5.72. The largest absolute Gasteiger partial charge is 0.404 e. The topological polar surface area (TPSA) is 74.5 Å². The average molecular weight is 394 g/mol. The lowest BCUT2D eigenvalue weighted by atomic mass is 9.86. The Morgan fingerprint density at radius 1 is 1.25 bits per heavy atom. The van der Waals surface area contributed by atoms with Gasteiger partial charge in [0.15, 0.2) is 0 Å². The minimum Gasteiger partial charge on any atom is -0.404 e. The third kappa shape index (κ3) is 9.62. The molecule has 0 unspecified atom stereocenters. The number of piperidine rings is 2. The Bertz CT molecular complexity index is 515. The number of nitrogens with zero attached hydrogens (tertiary/aromatic N) is 1. The molecule has 0 spiro atoms. The van der Waals surface area contributed by atoms with E-state index in [1.165, 1.54) is 5.57 Å². The predicted molar refractivity (Wildman–Crippen MR) is 120 cm³/mol. The van der Waals surface area contributed by atoms with E-state index in [-0.39, 0.29) is 0 Å². The fraction of sp³-hybridized carbons (Fsp3) is 0.682. The highest BCUT2D eigenvalue weighted by Gasteiger charge is 2.30. The number of nitrogens with one attached hydrogen (secondary N) is 3. The van der Waals surface area contributed by atoms with Gasteiger partial charge in [0, 0.05) is 12.8 Å².